The van der Waals surface area contributed by atoms with E-state index in [4.69, 9.17) is 14.2 Å². The average molecular weight is 347 g/mol. The summed E-state index contributed by atoms with van der Waals surface area (Å²) in [6, 6.07) is 15.3. The van der Waals surface area contributed by atoms with E-state index in [1.165, 1.54) is 11.9 Å². The molecule has 2 rings (SSSR count). The lowest BCUT2D eigenvalue weighted by Crippen LogP contribution is -2.25. The smallest absolute Gasteiger partial charge is 0.326 e. The first-order valence-electron chi connectivity index (χ1n) is 7.56. The zero-order valence-electron chi connectivity index (χ0n) is 14.0. The van der Waals surface area contributed by atoms with Crippen LogP contribution < -0.4 is 13.8 Å². The van der Waals surface area contributed by atoms with Gasteiger partial charge in [0.2, 0.25) is 0 Å². The fourth-order valence-corrected chi connectivity index (χ4v) is 3.04. The molecule has 0 saturated carbocycles. The molecule has 0 unspecified atom stereocenters. The summed E-state index contributed by atoms with van der Waals surface area (Å²) in [4.78, 5) is 13.0. The largest absolute Gasteiger partial charge is 0.497 e. The summed E-state index contributed by atoms with van der Waals surface area (Å²) < 4.78 is 17.7. The van der Waals surface area contributed by atoms with Gasteiger partial charge in [-0.05, 0) is 43.1 Å². The Morgan fingerprint density at radius 3 is 2.46 bits per heavy atom. The highest BCUT2D eigenvalue weighted by Gasteiger charge is 2.19. The van der Waals surface area contributed by atoms with Gasteiger partial charge in [0.1, 0.15) is 18.0 Å². The van der Waals surface area contributed by atoms with Gasteiger partial charge in [-0.15, -0.1) is 0 Å². The molecule has 0 aliphatic rings. The van der Waals surface area contributed by atoms with Gasteiger partial charge in [-0.1, -0.05) is 18.2 Å². The summed E-state index contributed by atoms with van der Waals surface area (Å²) in [6.07, 6.45) is 0. The van der Waals surface area contributed by atoms with E-state index in [2.05, 4.69) is 0 Å². The number of carbonyl (C=O) groups is 1. The molecule has 0 heterocycles. The highest BCUT2D eigenvalue weighted by Crippen LogP contribution is 2.38. The second kappa shape index (κ2) is 9.08. The predicted octanol–water partition coefficient (Wildman–Crippen LogP) is 3.78. The van der Waals surface area contributed by atoms with Gasteiger partial charge in [-0.3, -0.25) is 9.10 Å². The van der Waals surface area contributed by atoms with E-state index in [0.29, 0.717) is 18.1 Å². The van der Waals surface area contributed by atoms with Crippen molar-refractivity contribution in [2.45, 2.75) is 11.8 Å². The standard InChI is InChI=1S/C18H21NO4S/c1-4-23-18(20)13-19(24-15-8-6-5-7-9-15)16-12-14(21-2)10-11-17(16)22-3/h5-12H,4,13H2,1-3H3. The Morgan fingerprint density at radius 2 is 1.83 bits per heavy atom. The maximum absolute atomic E-state index is 12.0. The summed E-state index contributed by atoms with van der Waals surface area (Å²) in [5.41, 5.74) is 0.749. The molecular weight excluding hydrogens is 326 g/mol. The van der Waals surface area contributed by atoms with Gasteiger partial charge in [0.15, 0.2) is 0 Å². The second-order valence-electron chi connectivity index (χ2n) is 4.78. The molecule has 0 bridgehead atoms. The third-order valence-electron chi connectivity index (χ3n) is 3.19. The predicted molar refractivity (Wildman–Crippen MR) is 95.8 cm³/mol. The van der Waals surface area contributed by atoms with Crippen LogP contribution in [-0.2, 0) is 9.53 Å². The summed E-state index contributed by atoms with van der Waals surface area (Å²) >= 11 is 1.44. The van der Waals surface area contributed by atoms with Crippen LogP contribution >= 0.6 is 11.9 Å². The molecule has 5 nitrogen and oxygen atoms in total. The Hall–Kier alpha value is -2.34. The van der Waals surface area contributed by atoms with Crippen molar-refractivity contribution in [2.75, 3.05) is 31.7 Å². The molecule has 2 aromatic rings. The molecular formula is C18H21NO4S. The van der Waals surface area contributed by atoms with Crippen LogP contribution in [0.3, 0.4) is 0 Å². The molecule has 0 radical (unpaired) electrons. The highest BCUT2D eigenvalue weighted by atomic mass is 32.2. The molecule has 6 heteroatoms. The van der Waals surface area contributed by atoms with Gasteiger partial charge in [-0.2, -0.15) is 0 Å². The van der Waals surface area contributed by atoms with E-state index < -0.39 is 0 Å². The minimum atomic E-state index is -0.300. The number of anilines is 1. The molecule has 128 valence electrons. The number of methoxy groups -OCH3 is 2. The Bertz CT molecular complexity index is 663. The first-order chi connectivity index (χ1) is 11.7. The van der Waals surface area contributed by atoms with Gasteiger partial charge in [0.05, 0.1) is 26.5 Å². The van der Waals surface area contributed by atoms with Gasteiger partial charge in [0.25, 0.3) is 0 Å². The third kappa shape index (κ3) is 4.83. The number of benzene rings is 2. The monoisotopic (exact) mass is 347 g/mol. The van der Waals surface area contributed by atoms with Crippen LogP contribution in [0.25, 0.3) is 0 Å². The first kappa shape index (κ1) is 18.0. The normalized spacial score (nSPS) is 10.1. The molecule has 0 amide bonds. The Kier molecular flexibility index (Phi) is 6.81. The van der Waals surface area contributed by atoms with Crippen LogP contribution in [0.4, 0.5) is 5.69 Å². The zero-order chi connectivity index (χ0) is 17.4. The number of ether oxygens (including phenoxy) is 3. The van der Waals surface area contributed by atoms with Crippen LogP contribution in [0, 0.1) is 0 Å². The lowest BCUT2D eigenvalue weighted by molar-refractivity contribution is -0.141. The molecule has 24 heavy (non-hydrogen) atoms. The SMILES string of the molecule is CCOC(=O)CN(Sc1ccccc1)c1cc(OC)ccc1OC. The van der Waals surface area contributed by atoms with E-state index in [1.807, 2.05) is 52.8 Å². The average Bonchev–Trinajstić information content (AvgIpc) is 2.61. The topological polar surface area (TPSA) is 48.0 Å². The molecule has 0 aliphatic carbocycles. The maximum Gasteiger partial charge on any atom is 0.326 e. The van der Waals surface area contributed by atoms with Gasteiger partial charge >= 0.3 is 5.97 Å². The molecule has 0 atom stereocenters. The Labute approximate surface area is 146 Å². The van der Waals surface area contributed by atoms with Crippen LogP contribution in [0.2, 0.25) is 0 Å². The van der Waals surface area contributed by atoms with Crippen LogP contribution in [-0.4, -0.2) is 33.3 Å². The van der Waals surface area contributed by atoms with Crippen molar-refractivity contribution in [3.8, 4) is 11.5 Å². The first-order valence-corrected chi connectivity index (χ1v) is 8.33. The molecule has 0 aromatic heterocycles. The van der Waals surface area contributed by atoms with E-state index in [-0.39, 0.29) is 12.5 Å². The van der Waals surface area contributed by atoms with Crippen molar-refractivity contribution >= 4 is 23.6 Å². The summed E-state index contributed by atoms with van der Waals surface area (Å²) in [5, 5.41) is 0. The van der Waals surface area contributed by atoms with E-state index in [9.17, 15) is 4.79 Å². The van der Waals surface area contributed by atoms with E-state index in [0.717, 1.165) is 10.6 Å². The highest BCUT2D eigenvalue weighted by molar-refractivity contribution is 8.00. The lowest BCUT2D eigenvalue weighted by Gasteiger charge is -2.24. The van der Waals surface area contributed by atoms with Gasteiger partial charge in [-0.25, -0.2) is 0 Å². The van der Waals surface area contributed by atoms with Crippen molar-refractivity contribution in [2.24, 2.45) is 0 Å². The minimum Gasteiger partial charge on any atom is -0.497 e. The van der Waals surface area contributed by atoms with E-state index in [1.54, 1.807) is 21.1 Å². The molecule has 0 aliphatic heterocycles. The number of esters is 1. The fourth-order valence-electron chi connectivity index (χ4n) is 2.09. The number of nitrogens with zero attached hydrogens (tertiary/aromatic N) is 1. The number of hydrogen-bond acceptors (Lipinski definition) is 6. The van der Waals surface area contributed by atoms with E-state index >= 15 is 0 Å². The van der Waals surface area contributed by atoms with Gasteiger partial charge in [0, 0.05) is 11.0 Å². The van der Waals surface area contributed by atoms with Crippen LogP contribution in [0.15, 0.2) is 53.4 Å². The molecule has 0 spiro atoms. The van der Waals surface area contributed by atoms with Crippen molar-refractivity contribution in [3.05, 3.63) is 48.5 Å². The molecule has 0 fully saturated rings. The number of carbonyl (C=O) groups excluding carboxylic acids is 1. The summed E-state index contributed by atoms with van der Waals surface area (Å²) in [5.74, 6) is 1.04. The van der Waals surface area contributed by atoms with Crippen LogP contribution in [0.5, 0.6) is 11.5 Å². The zero-order valence-corrected chi connectivity index (χ0v) is 14.8. The third-order valence-corrected chi connectivity index (χ3v) is 4.22. The second-order valence-corrected chi connectivity index (χ2v) is 5.88. The molecule has 0 N–H and O–H groups in total. The quantitative estimate of drug-likeness (QED) is 0.535. The van der Waals surface area contributed by atoms with Crippen molar-refractivity contribution in [3.63, 3.8) is 0 Å². The lowest BCUT2D eigenvalue weighted by atomic mass is 10.2. The molecule has 0 saturated heterocycles. The Balaban J connectivity index is 2.35. The summed E-state index contributed by atoms with van der Waals surface area (Å²) in [6.45, 7) is 2.23. The summed E-state index contributed by atoms with van der Waals surface area (Å²) in [7, 11) is 3.20. The minimum absolute atomic E-state index is 0.0942. The van der Waals surface area contributed by atoms with Gasteiger partial charge < -0.3 is 14.2 Å². The van der Waals surface area contributed by atoms with Crippen molar-refractivity contribution in [1.82, 2.24) is 0 Å². The maximum atomic E-state index is 12.0. The van der Waals surface area contributed by atoms with Crippen molar-refractivity contribution in [1.29, 1.82) is 0 Å². The Morgan fingerprint density at radius 1 is 1.08 bits per heavy atom. The number of rotatable bonds is 8. The van der Waals surface area contributed by atoms with Crippen LogP contribution in [0.1, 0.15) is 6.92 Å². The number of hydrogen-bond donors (Lipinski definition) is 0. The van der Waals surface area contributed by atoms with Crippen molar-refractivity contribution < 1.29 is 19.0 Å². The fraction of sp³-hybridized carbons (Fsp3) is 0.278. The molecule has 2 aromatic carbocycles.